The Morgan fingerprint density at radius 3 is 2.61 bits per heavy atom. The number of nitrogens with one attached hydrogen (secondary N) is 1. The summed E-state index contributed by atoms with van der Waals surface area (Å²) in [5.41, 5.74) is 1.15. The van der Waals surface area contributed by atoms with Crippen LogP contribution in [0.1, 0.15) is 25.8 Å². The van der Waals surface area contributed by atoms with Crippen molar-refractivity contribution >= 4 is 10.0 Å². The fourth-order valence-corrected chi connectivity index (χ4v) is 5.98. The lowest BCUT2D eigenvalue weighted by atomic mass is 9.72. The summed E-state index contributed by atoms with van der Waals surface area (Å²) in [6.45, 7) is 5.29. The molecule has 1 saturated heterocycles. The van der Waals surface area contributed by atoms with Crippen molar-refractivity contribution in [3.63, 3.8) is 0 Å². The molecule has 23 heavy (non-hydrogen) atoms. The van der Waals surface area contributed by atoms with E-state index >= 15 is 0 Å². The zero-order valence-electron chi connectivity index (χ0n) is 13.7. The highest BCUT2D eigenvalue weighted by Crippen LogP contribution is 2.41. The lowest BCUT2D eigenvalue weighted by molar-refractivity contribution is 0.0420. The Labute approximate surface area is 139 Å². The smallest absolute Gasteiger partial charge is 0.218 e. The third-order valence-electron chi connectivity index (χ3n) is 5.15. The Kier molecular flexibility index (Phi) is 4.90. The van der Waals surface area contributed by atoms with Gasteiger partial charge < -0.3 is 4.74 Å². The first kappa shape index (κ1) is 16.7. The van der Waals surface area contributed by atoms with Crippen molar-refractivity contribution in [1.82, 2.24) is 4.72 Å². The highest BCUT2D eigenvalue weighted by Gasteiger charge is 2.50. The molecule has 0 saturated carbocycles. The van der Waals surface area contributed by atoms with Crippen LogP contribution in [-0.4, -0.2) is 26.3 Å². The van der Waals surface area contributed by atoms with Gasteiger partial charge in [-0.15, -0.1) is 0 Å². The van der Waals surface area contributed by atoms with E-state index in [-0.39, 0.29) is 17.9 Å². The summed E-state index contributed by atoms with van der Waals surface area (Å²) in [5.74, 6) is 0.703. The molecule has 0 aromatic heterocycles. The molecule has 0 amide bonds. The molecule has 1 aromatic carbocycles. The molecule has 0 bridgehead atoms. The summed E-state index contributed by atoms with van der Waals surface area (Å²) in [4.78, 5) is 0. The zero-order valence-corrected chi connectivity index (χ0v) is 14.5. The Balaban J connectivity index is 1.72. The molecule has 0 unspecified atom stereocenters. The van der Waals surface area contributed by atoms with Crippen LogP contribution >= 0.6 is 0 Å². The van der Waals surface area contributed by atoms with E-state index in [2.05, 4.69) is 17.7 Å². The predicted octanol–water partition coefficient (Wildman–Crippen LogP) is 2.72. The van der Waals surface area contributed by atoms with E-state index in [1.807, 2.05) is 43.3 Å². The number of fused-ring (bicyclic) bond motifs is 1. The number of allylic oxidation sites excluding steroid dienone is 1. The van der Waals surface area contributed by atoms with Gasteiger partial charge in [0.25, 0.3) is 0 Å². The topological polar surface area (TPSA) is 55.4 Å². The summed E-state index contributed by atoms with van der Waals surface area (Å²) >= 11 is 0. The molecule has 0 spiro atoms. The summed E-state index contributed by atoms with van der Waals surface area (Å²) < 4.78 is 33.2. The van der Waals surface area contributed by atoms with Gasteiger partial charge in [-0.1, -0.05) is 49.4 Å². The molecular formula is C18H25NO3S. The molecule has 2 aliphatic rings. The first-order valence-electron chi connectivity index (χ1n) is 8.34. The summed E-state index contributed by atoms with van der Waals surface area (Å²) in [5, 5.41) is -0.411. The van der Waals surface area contributed by atoms with Crippen LogP contribution in [0.5, 0.6) is 0 Å². The highest BCUT2D eigenvalue weighted by molar-refractivity contribution is 7.90. The van der Waals surface area contributed by atoms with E-state index in [4.69, 9.17) is 4.74 Å². The molecular weight excluding hydrogens is 310 g/mol. The molecule has 1 heterocycles. The number of benzene rings is 1. The Bertz CT molecular complexity index is 656. The van der Waals surface area contributed by atoms with E-state index in [0.29, 0.717) is 19.1 Å². The van der Waals surface area contributed by atoms with Crippen molar-refractivity contribution < 1.29 is 13.2 Å². The van der Waals surface area contributed by atoms with Gasteiger partial charge in [-0.05, 0) is 30.7 Å². The quantitative estimate of drug-likeness (QED) is 0.842. The zero-order chi connectivity index (χ0) is 16.4. The normalized spacial score (nSPS) is 35.1. The summed E-state index contributed by atoms with van der Waals surface area (Å²) in [6, 6.07) is 10.1. The largest absolute Gasteiger partial charge is 0.376 e. The van der Waals surface area contributed by atoms with Gasteiger partial charge in [-0.2, -0.15) is 0 Å². The standard InChI is InChI=1S/C18H25NO3S/c1-3-15-9-10-17-18(13(2)19-23(17,20)21)16(15)12-22-11-14-7-5-4-6-8-14/h4-10,13,15-19H,3,11-12H2,1-2H3/t13-,15-,16+,17+,18+/m1/s1. The second-order valence-corrected chi connectivity index (χ2v) is 8.49. The Morgan fingerprint density at radius 2 is 1.91 bits per heavy atom. The van der Waals surface area contributed by atoms with Crippen molar-refractivity contribution in [2.75, 3.05) is 6.61 Å². The minimum Gasteiger partial charge on any atom is -0.376 e. The van der Waals surface area contributed by atoms with E-state index in [1.165, 1.54) is 0 Å². The summed E-state index contributed by atoms with van der Waals surface area (Å²) in [6.07, 6.45) is 4.97. The van der Waals surface area contributed by atoms with Crippen LogP contribution in [0, 0.1) is 17.8 Å². The van der Waals surface area contributed by atoms with Gasteiger partial charge in [0.1, 0.15) is 0 Å². The van der Waals surface area contributed by atoms with Crippen LogP contribution in [0.3, 0.4) is 0 Å². The van der Waals surface area contributed by atoms with Gasteiger partial charge in [0.05, 0.1) is 18.5 Å². The SMILES string of the molecule is CC[C@@H]1C=C[C@H]2[C@H]([C@H]1COCc1ccccc1)[C@@H](C)NS2(=O)=O. The number of hydrogen-bond donors (Lipinski definition) is 1. The van der Waals surface area contributed by atoms with E-state index in [1.54, 1.807) is 0 Å². The average molecular weight is 335 g/mol. The molecule has 1 fully saturated rings. The van der Waals surface area contributed by atoms with Gasteiger partial charge in [0.2, 0.25) is 10.0 Å². The third-order valence-corrected chi connectivity index (χ3v) is 7.04. The van der Waals surface area contributed by atoms with Gasteiger partial charge >= 0.3 is 0 Å². The molecule has 1 aromatic rings. The monoisotopic (exact) mass is 335 g/mol. The number of ether oxygens (including phenoxy) is 1. The molecule has 1 aliphatic carbocycles. The predicted molar refractivity (Wildman–Crippen MR) is 91.3 cm³/mol. The van der Waals surface area contributed by atoms with E-state index in [9.17, 15) is 8.42 Å². The van der Waals surface area contributed by atoms with Crippen LogP contribution in [0.4, 0.5) is 0 Å². The maximum Gasteiger partial charge on any atom is 0.218 e. The number of rotatable bonds is 5. The first-order chi connectivity index (χ1) is 11.0. The fraction of sp³-hybridized carbons (Fsp3) is 0.556. The molecule has 1 aliphatic heterocycles. The van der Waals surface area contributed by atoms with Crippen molar-refractivity contribution in [3.8, 4) is 0 Å². The second-order valence-electron chi connectivity index (χ2n) is 6.62. The van der Waals surface area contributed by atoms with Gasteiger partial charge in [-0.3, -0.25) is 0 Å². The summed E-state index contributed by atoms with van der Waals surface area (Å²) in [7, 11) is -3.23. The Morgan fingerprint density at radius 1 is 1.17 bits per heavy atom. The van der Waals surface area contributed by atoms with Crippen molar-refractivity contribution in [2.45, 2.75) is 38.2 Å². The second kappa shape index (κ2) is 6.75. The highest BCUT2D eigenvalue weighted by atomic mass is 32.2. The molecule has 5 atom stereocenters. The van der Waals surface area contributed by atoms with Gasteiger partial charge in [0.15, 0.2) is 0 Å². The van der Waals surface area contributed by atoms with Crippen LogP contribution < -0.4 is 4.72 Å². The number of hydrogen-bond acceptors (Lipinski definition) is 3. The maximum atomic E-state index is 12.2. The first-order valence-corrected chi connectivity index (χ1v) is 9.88. The maximum absolute atomic E-state index is 12.2. The van der Waals surface area contributed by atoms with Crippen molar-refractivity contribution in [2.24, 2.45) is 17.8 Å². The van der Waals surface area contributed by atoms with Crippen molar-refractivity contribution in [3.05, 3.63) is 48.0 Å². The Hall–Kier alpha value is -1.17. The molecule has 0 radical (unpaired) electrons. The lowest BCUT2D eigenvalue weighted by Gasteiger charge is -2.36. The van der Waals surface area contributed by atoms with E-state index < -0.39 is 15.3 Å². The van der Waals surface area contributed by atoms with Crippen LogP contribution in [-0.2, 0) is 21.4 Å². The molecule has 1 N–H and O–H groups in total. The molecule has 4 nitrogen and oxygen atoms in total. The third kappa shape index (κ3) is 3.37. The fourth-order valence-electron chi connectivity index (χ4n) is 3.99. The van der Waals surface area contributed by atoms with E-state index in [0.717, 1.165) is 12.0 Å². The number of sulfonamides is 1. The van der Waals surface area contributed by atoms with Crippen LogP contribution in [0.15, 0.2) is 42.5 Å². The van der Waals surface area contributed by atoms with Crippen molar-refractivity contribution in [1.29, 1.82) is 0 Å². The van der Waals surface area contributed by atoms with Crippen LogP contribution in [0.2, 0.25) is 0 Å². The molecule has 5 heteroatoms. The minimum atomic E-state index is -3.23. The lowest BCUT2D eigenvalue weighted by Crippen LogP contribution is -2.40. The van der Waals surface area contributed by atoms with Gasteiger partial charge in [0, 0.05) is 12.0 Å². The molecule has 126 valence electrons. The average Bonchev–Trinajstić information content (AvgIpc) is 2.78. The molecule has 3 rings (SSSR count). The van der Waals surface area contributed by atoms with Gasteiger partial charge in [-0.25, -0.2) is 13.1 Å². The minimum absolute atomic E-state index is 0.0330. The van der Waals surface area contributed by atoms with Crippen LogP contribution in [0.25, 0.3) is 0 Å².